The van der Waals surface area contributed by atoms with E-state index in [9.17, 15) is 27.7 Å². The van der Waals surface area contributed by atoms with Crippen molar-refractivity contribution < 1.29 is 22.5 Å². The first-order valence-electron chi connectivity index (χ1n) is 6.03. The van der Waals surface area contributed by atoms with E-state index in [-0.39, 0.29) is 36.9 Å². The van der Waals surface area contributed by atoms with Crippen LogP contribution in [0.25, 0.3) is 0 Å². The minimum Gasteiger partial charge on any atom is -0.355 e. The van der Waals surface area contributed by atoms with Crippen LogP contribution in [0.4, 0.5) is 10.1 Å². The first-order chi connectivity index (χ1) is 9.82. The van der Waals surface area contributed by atoms with Gasteiger partial charge in [-0.3, -0.25) is 14.9 Å². The van der Waals surface area contributed by atoms with E-state index in [2.05, 4.69) is 5.32 Å². The van der Waals surface area contributed by atoms with Crippen LogP contribution in [0.15, 0.2) is 23.1 Å². The third-order valence-electron chi connectivity index (χ3n) is 3.02. The quantitative estimate of drug-likeness (QED) is 0.634. The fraction of sp³-hybridized carbons (Fsp3) is 0.364. The zero-order chi connectivity index (χ0) is 15.6. The smallest absolute Gasteiger partial charge is 0.306 e. The van der Waals surface area contributed by atoms with Gasteiger partial charge in [0.15, 0.2) is 0 Å². The van der Waals surface area contributed by atoms with Crippen LogP contribution in [-0.2, 0) is 14.8 Å². The highest BCUT2D eigenvalue weighted by Gasteiger charge is 2.29. The molecule has 1 saturated heterocycles. The lowest BCUT2D eigenvalue weighted by Crippen LogP contribution is -2.34. The molecule has 1 aliphatic rings. The summed E-state index contributed by atoms with van der Waals surface area (Å²) < 4.78 is 39.1. The summed E-state index contributed by atoms with van der Waals surface area (Å²) in [5.74, 6) is -1.37. The maximum Gasteiger partial charge on any atom is 0.306 e. The highest BCUT2D eigenvalue weighted by Crippen LogP contribution is 2.24. The second kappa shape index (κ2) is 5.74. The molecule has 21 heavy (non-hydrogen) atoms. The van der Waals surface area contributed by atoms with E-state index in [1.165, 1.54) is 0 Å². The Morgan fingerprint density at radius 1 is 1.33 bits per heavy atom. The van der Waals surface area contributed by atoms with Gasteiger partial charge in [-0.25, -0.2) is 8.42 Å². The van der Waals surface area contributed by atoms with E-state index in [1.807, 2.05) is 0 Å². The molecule has 10 heteroatoms. The van der Waals surface area contributed by atoms with E-state index in [1.54, 1.807) is 0 Å². The molecule has 1 amide bonds. The molecule has 8 nitrogen and oxygen atoms in total. The van der Waals surface area contributed by atoms with Crippen LogP contribution in [0.5, 0.6) is 0 Å². The average molecular weight is 317 g/mol. The van der Waals surface area contributed by atoms with Gasteiger partial charge in [0.25, 0.3) is 0 Å². The van der Waals surface area contributed by atoms with Crippen LogP contribution in [-0.4, -0.2) is 43.2 Å². The molecule has 1 aromatic rings. The standard InChI is InChI=1S/C11H12FN3O5S/c12-9-2-1-8(7-10(9)15(17)18)21(19,20)14-5-3-11(16)13-4-6-14/h1-2,7H,3-6H2,(H,13,16). The number of halogens is 1. The summed E-state index contributed by atoms with van der Waals surface area (Å²) in [5.41, 5.74) is -0.903. The van der Waals surface area contributed by atoms with E-state index < -0.39 is 26.5 Å². The number of nitrogens with one attached hydrogen (secondary N) is 1. The maximum absolute atomic E-state index is 13.3. The van der Waals surface area contributed by atoms with Crippen LogP contribution in [0.2, 0.25) is 0 Å². The summed E-state index contributed by atoms with van der Waals surface area (Å²) >= 11 is 0. The minimum atomic E-state index is -4.01. The topological polar surface area (TPSA) is 110 Å². The number of carbonyl (C=O) groups excluding carboxylic acids is 1. The molecule has 114 valence electrons. The third kappa shape index (κ3) is 3.16. The van der Waals surface area contributed by atoms with Crippen LogP contribution in [0.3, 0.4) is 0 Å². The van der Waals surface area contributed by atoms with Gasteiger partial charge < -0.3 is 5.32 Å². The van der Waals surface area contributed by atoms with Gasteiger partial charge in [0.1, 0.15) is 0 Å². The molecule has 0 spiro atoms. The SMILES string of the molecule is O=C1CCN(S(=O)(=O)c2ccc(F)c([N+](=O)[O-])c2)CCN1. The number of rotatable bonds is 3. The molecule has 1 aromatic carbocycles. The average Bonchev–Trinajstić information content (AvgIpc) is 2.63. The normalized spacial score (nSPS) is 17.1. The molecule has 0 radical (unpaired) electrons. The van der Waals surface area contributed by atoms with Gasteiger partial charge >= 0.3 is 5.69 Å². The Balaban J connectivity index is 2.37. The summed E-state index contributed by atoms with van der Waals surface area (Å²) in [6.07, 6.45) is 0.00250. The maximum atomic E-state index is 13.3. The summed E-state index contributed by atoms with van der Waals surface area (Å²) in [5, 5.41) is 13.2. The zero-order valence-corrected chi connectivity index (χ0v) is 11.6. The Kier molecular flexibility index (Phi) is 4.19. The molecule has 1 N–H and O–H groups in total. The highest BCUT2D eigenvalue weighted by molar-refractivity contribution is 7.89. The predicted molar refractivity (Wildman–Crippen MR) is 69.4 cm³/mol. The molecule has 0 aliphatic carbocycles. The number of nitro benzene ring substituents is 1. The van der Waals surface area contributed by atoms with E-state index in [0.29, 0.717) is 6.07 Å². The highest BCUT2D eigenvalue weighted by atomic mass is 32.2. The number of hydrogen-bond acceptors (Lipinski definition) is 5. The molecule has 2 rings (SSSR count). The van der Waals surface area contributed by atoms with Gasteiger partial charge in [-0.2, -0.15) is 8.70 Å². The number of amides is 1. The summed E-state index contributed by atoms with van der Waals surface area (Å²) in [7, 11) is -4.01. The van der Waals surface area contributed by atoms with Crippen molar-refractivity contribution in [2.75, 3.05) is 19.6 Å². The van der Waals surface area contributed by atoms with Crippen LogP contribution < -0.4 is 5.32 Å². The molecule has 0 unspecified atom stereocenters. The second-order valence-electron chi connectivity index (χ2n) is 4.37. The molecule has 0 aromatic heterocycles. The van der Waals surface area contributed by atoms with Gasteiger partial charge in [0, 0.05) is 32.1 Å². The number of nitrogens with zero attached hydrogens (tertiary/aromatic N) is 2. The van der Waals surface area contributed by atoms with Crippen molar-refractivity contribution in [3.8, 4) is 0 Å². The molecule has 0 atom stereocenters. The van der Waals surface area contributed by atoms with E-state index >= 15 is 0 Å². The molecule has 1 aliphatic heterocycles. The minimum absolute atomic E-state index is 0.00250. The summed E-state index contributed by atoms with van der Waals surface area (Å²) in [4.78, 5) is 20.5. The summed E-state index contributed by atoms with van der Waals surface area (Å²) in [6.45, 7) is 0.180. The number of sulfonamides is 1. The van der Waals surface area contributed by atoms with Crippen molar-refractivity contribution in [1.29, 1.82) is 0 Å². The van der Waals surface area contributed by atoms with E-state index in [4.69, 9.17) is 0 Å². The lowest BCUT2D eigenvalue weighted by atomic mass is 10.3. The van der Waals surface area contributed by atoms with Gasteiger partial charge in [0.05, 0.1) is 9.82 Å². The van der Waals surface area contributed by atoms with Crippen LogP contribution in [0, 0.1) is 15.9 Å². The number of carbonyl (C=O) groups is 1. The Morgan fingerprint density at radius 3 is 2.71 bits per heavy atom. The zero-order valence-electron chi connectivity index (χ0n) is 10.8. The van der Waals surface area contributed by atoms with Crippen molar-refractivity contribution in [1.82, 2.24) is 9.62 Å². The van der Waals surface area contributed by atoms with Gasteiger partial charge in [-0.1, -0.05) is 0 Å². The first kappa shape index (κ1) is 15.3. The molecular formula is C11H12FN3O5S. The Hall–Kier alpha value is -2.07. The molecule has 1 fully saturated rings. The van der Waals surface area contributed by atoms with E-state index in [0.717, 1.165) is 16.4 Å². The number of benzene rings is 1. The van der Waals surface area contributed by atoms with Crippen molar-refractivity contribution in [3.63, 3.8) is 0 Å². The van der Waals surface area contributed by atoms with Crippen molar-refractivity contribution >= 4 is 21.6 Å². The molecular weight excluding hydrogens is 305 g/mol. The fourth-order valence-electron chi connectivity index (χ4n) is 1.93. The van der Waals surface area contributed by atoms with Gasteiger partial charge in [0.2, 0.25) is 21.7 Å². The second-order valence-corrected chi connectivity index (χ2v) is 6.31. The first-order valence-corrected chi connectivity index (χ1v) is 7.47. The fourth-order valence-corrected chi connectivity index (χ4v) is 3.39. The molecule has 1 heterocycles. The number of nitro groups is 1. The van der Waals surface area contributed by atoms with Crippen molar-refractivity contribution in [2.45, 2.75) is 11.3 Å². The van der Waals surface area contributed by atoms with Crippen molar-refractivity contribution in [3.05, 3.63) is 34.1 Å². The van der Waals surface area contributed by atoms with Crippen LogP contribution in [0.1, 0.15) is 6.42 Å². The lowest BCUT2D eigenvalue weighted by Gasteiger charge is -2.19. The Morgan fingerprint density at radius 2 is 2.05 bits per heavy atom. The third-order valence-corrected chi connectivity index (χ3v) is 4.92. The Bertz CT molecular complexity index is 691. The van der Waals surface area contributed by atoms with Crippen LogP contribution >= 0.6 is 0 Å². The lowest BCUT2D eigenvalue weighted by molar-refractivity contribution is -0.387. The Labute approximate surface area is 119 Å². The predicted octanol–water partition coefficient (Wildman–Crippen LogP) is 0.245. The molecule has 0 bridgehead atoms. The number of hydrogen-bond donors (Lipinski definition) is 1. The molecule has 0 saturated carbocycles. The van der Waals surface area contributed by atoms with Crippen molar-refractivity contribution in [2.24, 2.45) is 0 Å². The van der Waals surface area contributed by atoms with Gasteiger partial charge in [-0.15, -0.1) is 0 Å². The largest absolute Gasteiger partial charge is 0.355 e. The van der Waals surface area contributed by atoms with Gasteiger partial charge in [-0.05, 0) is 12.1 Å². The summed E-state index contributed by atoms with van der Waals surface area (Å²) in [6, 6.07) is 2.40. The monoisotopic (exact) mass is 317 g/mol.